The highest BCUT2D eigenvalue weighted by Crippen LogP contribution is 2.34. The standard InChI is InChI=1S/C25H23F3N6/c1-15-5-4-12-34(15)24-32-22(18-8-7-17-6-3-11-29-20(17)13-18)16(2)23(33-24)31-21-10-9-19(14-30-21)25(26,27)28/h3,6-11,13-15H,4-5,12H2,1-2H3,(H,30,31,32,33). The Labute approximate surface area is 194 Å². The molecule has 6 nitrogen and oxygen atoms in total. The number of nitrogens with one attached hydrogen (secondary N) is 1. The summed E-state index contributed by atoms with van der Waals surface area (Å²) in [5, 5.41) is 4.13. The molecule has 174 valence electrons. The van der Waals surface area contributed by atoms with E-state index in [9.17, 15) is 13.2 Å². The Balaban J connectivity index is 1.59. The van der Waals surface area contributed by atoms with Crippen LogP contribution in [0.25, 0.3) is 22.2 Å². The number of pyridine rings is 2. The molecule has 0 aliphatic carbocycles. The van der Waals surface area contributed by atoms with E-state index in [1.807, 2.05) is 37.3 Å². The number of hydrogen-bond donors (Lipinski definition) is 1. The number of hydrogen-bond acceptors (Lipinski definition) is 6. The third-order valence-electron chi connectivity index (χ3n) is 6.16. The van der Waals surface area contributed by atoms with E-state index in [1.165, 1.54) is 6.07 Å². The van der Waals surface area contributed by atoms with Gasteiger partial charge in [0.15, 0.2) is 0 Å². The quantitative estimate of drug-likeness (QED) is 0.391. The van der Waals surface area contributed by atoms with Gasteiger partial charge in [-0.2, -0.15) is 18.2 Å². The zero-order valence-electron chi connectivity index (χ0n) is 18.8. The number of anilines is 3. The second-order valence-electron chi connectivity index (χ2n) is 8.50. The van der Waals surface area contributed by atoms with Crippen LogP contribution in [-0.2, 0) is 6.18 Å². The average molecular weight is 464 g/mol. The maximum atomic E-state index is 12.9. The van der Waals surface area contributed by atoms with Crippen LogP contribution in [0.15, 0.2) is 54.9 Å². The van der Waals surface area contributed by atoms with E-state index in [1.54, 1.807) is 6.20 Å². The van der Waals surface area contributed by atoms with Crippen molar-refractivity contribution in [2.24, 2.45) is 0 Å². The summed E-state index contributed by atoms with van der Waals surface area (Å²) in [6, 6.07) is 12.5. The second-order valence-corrected chi connectivity index (χ2v) is 8.50. The molecule has 1 N–H and O–H groups in total. The zero-order valence-corrected chi connectivity index (χ0v) is 18.8. The molecule has 1 saturated heterocycles. The number of nitrogens with zero attached hydrogens (tertiary/aromatic N) is 5. The fourth-order valence-corrected chi connectivity index (χ4v) is 4.24. The van der Waals surface area contributed by atoms with Crippen molar-refractivity contribution in [1.29, 1.82) is 0 Å². The normalized spacial score (nSPS) is 16.3. The lowest BCUT2D eigenvalue weighted by Crippen LogP contribution is -2.28. The number of alkyl halides is 3. The molecule has 1 atom stereocenters. The van der Waals surface area contributed by atoms with Gasteiger partial charge in [0.1, 0.15) is 11.6 Å². The Hall–Kier alpha value is -3.75. The minimum absolute atomic E-state index is 0.279. The minimum atomic E-state index is -4.44. The minimum Gasteiger partial charge on any atom is -0.338 e. The molecule has 0 amide bonds. The third kappa shape index (κ3) is 4.25. The Kier molecular flexibility index (Phi) is 5.55. The first kappa shape index (κ1) is 22.1. The van der Waals surface area contributed by atoms with Gasteiger partial charge in [-0.3, -0.25) is 4.98 Å². The van der Waals surface area contributed by atoms with Crippen molar-refractivity contribution in [1.82, 2.24) is 19.9 Å². The third-order valence-corrected chi connectivity index (χ3v) is 6.16. The van der Waals surface area contributed by atoms with Crippen LogP contribution in [0, 0.1) is 6.92 Å². The molecule has 4 aromatic rings. The predicted molar refractivity (Wildman–Crippen MR) is 126 cm³/mol. The van der Waals surface area contributed by atoms with Crippen molar-refractivity contribution in [3.8, 4) is 11.3 Å². The maximum Gasteiger partial charge on any atom is 0.417 e. The van der Waals surface area contributed by atoms with Gasteiger partial charge in [0.25, 0.3) is 0 Å². The van der Waals surface area contributed by atoms with E-state index >= 15 is 0 Å². The molecule has 9 heteroatoms. The molecule has 0 radical (unpaired) electrons. The van der Waals surface area contributed by atoms with Gasteiger partial charge in [-0.05, 0) is 51.0 Å². The molecule has 1 aromatic carbocycles. The summed E-state index contributed by atoms with van der Waals surface area (Å²) >= 11 is 0. The van der Waals surface area contributed by atoms with E-state index in [0.717, 1.165) is 59.4 Å². The smallest absolute Gasteiger partial charge is 0.338 e. The molecule has 0 spiro atoms. The molecule has 34 heavy (non-hydrogen) atoms. The SMILES string of the molecule is Cc1c(Nc2ccc(C(F)(F)F)cn2)nc(N2CCCC2C)nc1-c1ccc2cccnc2c1. The molecule has 4 heterocycles. The monoisotopic (exact) mass is 464 g/mol. The van der Waals surface area contributed by atoms with Gasteiger partial charge in [0.2, 0.25) is 5.95 Å². The predicted octanol–water partition coefficient (Wildman–Crippen LogP) is 6.15. The fraction of sp³-hybridized carbons (Fsp3) is 0.280. The molecule has 1 aliphatic rings. The molecule has 1 aliphatic heterocycles. The summed E-state index contributed by atoms with van der Waals surface area (Å²) in [7, 11) is 0. The number of halogens is 3. The summed E-state index contributed by atoms with van der Waals surface area (Å²) in [6.45, 7) is 4.88. The van der Waals surface area contributed by atoms with Gasteiger partial charge in [-0.1, -0.05) is 18.2 Å². The Morgan fingerprint density at radius 1 is 1.06 bits per heavy atom. The molecule has 0 bridgehead atoms. The lowest BCUT2D eigenvalue weighted by Gasteiger charge is -2.24. The summed E-state index contributed by atoms with van der Waals surface area (Å²) in [5.41, 5.74) is 2.46. The maximum absolute atomic E-state index is 12.9. The van der Waals surface area contributed by atoms with Crippen molar-refractivity contribution in [3.05, 3.63) is 66.0 Å². The van der Waals surface area contributed by atoms with Gasteiger partial charge in [0.05, 0.1) is 16.8 Å². The average Bonchev–Trinajstić information content (AvgIpc) is 3.25. The van der Waals surface area contributed by atoms with Crippen molar-refractivity contribution < 1.29 is 13.2 Å². The van der Waals surface area contributed by atoms with Crippen LogP contribution in [0.2, 0.25) is 0 Å². The van der Waals surface area contributed by atoms with E-state index < -0.39 is 11.7 Å². The number of fused-ring (bicyclic) bond motifs is 1. The zero-order chi connectivity index (χ0) is 23.9. The molecule has 1 fully saturated rings. The van der Waals surface area contributed by atoms with E-state index in [2.05, 4.69) is 27.1 Å². The molecule has 1 unspecified atom stereocenters. The summed E-state index contributed by atoms with van der Waals surface area (Å²) < 4.78 is 38.8. The Morgan fingerprint density at radius 2 is 1.91 bits per heavy atom. The van der Waals surface area contributed by atoms with Crippen molar-refractivity contribution >= 4 is 28.5 Å². The topological polar surface area (TPSA) is 66.8 Å². The van der Waals surface area contributed by atoms with Gasteiger partial charge in [0, 0.05) is 41.5 Å². The van der Waals surface area contributed by atoms with Crippen LogP contribution >= 0.6 is 0 Å². The first-order valence-electron chi connectivity index (χ1n) is 11.1. The van der Waals surface area contributed by atoms with Crippen LogP contribution < -0.4 is 10.2 Å². The van der Waals surface area contributed by atoms with Crippen molar-refractivity contribution in [2.75, 3.05) is 16.8 Å². The second kappa shape index (κ2) is 8.55. The number of rotatable bonds is 4. The molecular weight excluding hydrogens is 441 g/mol. The van der Waals surface area contributed by atoms with Gasteiger partial charge >= 0.3 is 6.18 Å². The summed E-state index contributed by atoms with van der Waals surface area (Å²) in [6.07, 6.45) is 0.233. The van der Waals surface area contributed by atoms with Crippen molar-refractivity contribution in [3.63, 3.8) is 0 Å². The molecule has 0 saturated carbocycles. The van der Waals surface area contributed by atoms with Crippen LogP contribution in [0.3, 0.4) is 0 Å². The Morgan fingerprint density at radius 3 is 2.62 bits per heavy atom. The Bertz CT molecular complexity index is 1340. The van der Waals surface area contributed by atoms with E-state index in [0.29, 0.717) is 17.8 Å². The molecular formula is C25H23F3N6. The first-order valence-corrected chi connectivity index (χ1v) is 11.1. The first-order chi connectivity index (χ1) is 16.3. The van der Waals surface area contributed by atoms with Gasteiger partial charge in [-0.15, -0.1) is 0 Å². The lowest BCUT2D eigenvalue weighted by molar-refractivity contribution is -0.137. The van der Waals surface area contributed by atoms with Crippen LogP contribution in [0.4, 0.5) is 30.8 Å². The fourth-order valence-electron chi connectivity index (χ4n) is 4.24. The summed E-state index contributed by atoms with van der Waals surface area (Å²) in [5.74, 6) is 1.37. The molecule has 5 rings (SSSR count). The van der Waals surface area contributed by atoms with Gasteiger partial charge < -0.3 is 10.2 Å². The highest BCUT2D eigenvalue weighted by molar-refractivity contribution is 5.85. The van der Waals surface area contributed by atoms with Crippen LogP contribution in [-0.4, -0.2) is 32.5 Å². The highest BCUT2D eigenvalue weighted by atomic mass is 19.4. The number of benzene rings is 1. The summed E-state index contributed by atoms with van der Waals surface area (Å²) in [4.78, 5) is 20.2. The molecule has 3 aromatic heterocycles. The highest BCUT2D eigenvalue weighted by Gasteiger charge is 2.31. The van der Waals surface area contributed by atoms with E-state index in [4.69, 9.17) is 9.97 Å². The largest absolute Gasteiger partial charge is 0.417 e. The van der Waals surface area contributed by atoms with Crippen LogP contribution in [0.5, 0.6) is 0 Å². The number of aromatic nitrogens is 4. The van der Waals surface area contributed by atoms with Gasteiger partial charge in [-0.25, -0.2) is 9.97 Å². The lowest BCUT2D eigenvalue weighted by atomic mass is 10.0. The van der Waals surface area contributed by atoms with Crippen molar-refractivity contribution in [2.45, 2.75) is 38.9 Å². The van der Waals surface area contributed by atoms with Crippen LogP contribution in [0.1, 0.15) is 30.9 Å². The van der Waals surface area contributed by atoms with E-state index in [-0.39, 0.29) is 5.82 Å².